The monoisotopic (exact) mass is 317 g/mol. The average Bonchev–Trinajstić information content (AvgIpc) is 2.90. The number of nitrogens with one attached hydrogen (secondary N) is 1. The van der Waals surface area contributed by atoms with Crippen LogP contribution in [0.3, 0.4) is 0 Å². The summed E-state index contributed by atoms with van der Waals surface area (Å²) in [6.07, 6.45) is 3.35. The van der Waals surface area contributed by atoms with Crippen LogP contribution >= 0.6 is 0 Å². The van der Waals surface area contributed by atoms with Gasteiger partial charge in [0.15, 0.2) is 5.69 Å². The van der Waals surface area contributed by atoms with Crippen molar-refractivity contribution in [3.8, 4) is 5.69 Å². The van der Waals surface area contributed by atoms with Crippen LogP contribution in [0.4, 0.5) is 4.39 Å². The molecule has 1 aliphatic heterocycles. The quantitative estimate of drug-likeness (QED) is 0.947. The van der Waals surface area contributed by atoms with E-state index in [-0.39, 0.29) is 17.3 Å². The van der Waals surface area contributed by atoms with Gasteiger partial charge in [0.05, 0.1) is 5.69 Å². The third kappa shape index (κ3) is 3.42. The number of carbonyl (C=O) groups is 1. The van der Waals surface area contributed by atoms with Gasteiger partial charge in [-0.2, -0.15) is 5.10 Å². The van der Waals surface area contributed by atoms with Crippen LogP contribution in [-0.4, -0.2) is 34.4 Å². The summed E-state index contributed by atoms with van der Waals surface area (Å²) in [6, 6.07) is 6.00. The lowest BCUT2D eigenvalue weighted by atomic mass is 9.92. The van der Waals surface area contributed by atoms with Crippen LogP contribution < -0.4 is 5.32 Å². The van der Waals surface area contributed by atoms with Gasteiger partial charge in [-0.15, -0.1) is 0 Å². The number of rotatable bonds is 3. The highest BCUT2D eigenvalue weighted by Gasteiger charge is 2.30. The Morgan fingerprint density at radius 2 is 1.96 bits per heavy atom. The maximum atomic E-state index is 13.0. The Kier molecular flexibility index (Phi) is 4.17. The molecule has 0 bridgehead atoms. The molecule has 2 aromatic rings. The molecule has 5 nitrogen and oxygen atoms in total. The van der Waals surface area contributed by atoms with Gasteiger partial charge < -0.3 is 10.1 Å². The molecule has 1 fully saturated rings. The van der Waals surface area contributed by atoms with Crippen LogP contribution in [0.2, 0.25) is 0 Å². The molecule has 0 unspecified atom stereocenters. The fourth-order valence-electron chi connectivity index (χ4n) is 2.69. The highest BCUT2D eigenvalue weighted by molar-refractivity contribution is 5.94. The topological polar surface area (TPSA) is 56.2 Å². The zero-order valence-electron chi connectivity index (χ0n) is 13.3. The predicted octanol–water partition coefficient (Wildman–Crippen LogP) is 2.62. The number of nitrogens with zero attached hydrogens (tertiary/aromatic N) is 2. The molecule has 2 heterocycles. The molecule has 1 aromatic carbocycles. The van der Waals surface area contributed by atoms with Crippen molar-refractivity contribution in [3.63, 3.8) is 0 Å². The van der Waals surface area contributed by atoms with Gasteiger partial charge in [0.2, 0.25) is 0 Å². The van der Waals surface area contributed by atoms with Gasteiger partial charge in [0.25, 0.3) is 5.91 Å². The molecule has 0 saturated carbocycles. The number of amides is 1. The molecule has 1 amide bonds. The Labute approximate surface area is 134 Å². The molecule has 1 aromatic heterocycles. The summed E-state index contributed by atoms with van der Waals surface area (Å²) >= 11 is 0. The highest BCUT2D eigenvalue weighted by atomic mass is 19.1. The molecular formula is C17H20FN3O2. The Balaban J connectivity index is 1.80. The second-order valence-corrected chi connectivity index (χ2v) is 6.21. The number of halogens is 1. The third-order valence-electron chi connectivity index (χ3n) is 4.22. The molecule has 0 spiro atoms. The molecule has 23 heavy (non-hydrogen) atoms. The number of hydrogen-bond donors (Lipinski definition) is 1. The molecule has 3 rings (SSSR count). The molecule has 1 aliphatic rings. The van der Waals surface area contributed by atoms with Crippen molar-refractivity contribution in [2.75, 3.05) is 13.2 Å². The Bertz CT molecular complexity index is 703. The summed E-state index contributed by atoms with van der Waals surface area (Å²) in [5, 5.41) is 7.43. The summed E-state index contributed by atoms with van der Waals surface area (Å²) in [4.78, 5) is 12.5. The molecule has 0 atom stereocenters. The van der Waals surface area contributed by atoms with Crippen LogP contribution in [0.1, 0.15) is 35.8 Å². The molecule has 0 aliphatic carbocycles. The van der Waals surface area contributed by atoms with E-state index in [0.717, 1.165) is 18.4 Å². The van der Waals surface area contributed by atoms with E-state index in [1.54, 1.807) is 23.0 Å². The number of benzene rings is 1. The third-order valence-corrected chi connectivity index (χ3v) is 4.22. The fraction of sp³-hybridized carbons (Fsp3) is 0.412. The van der Waals surface area contributed by atoms with Crippen molar-refractivity contribution < 1.29 is 13.9 Å². The minimum atomic E-state index is -0.303. The number of ether oxygens (including phenoxy) is 1. The standard InChI is InChI=1S/C17H20FN3O2/c1-12-11-21(14-5-3-13(18)4-6-14)20-15(12)16(22)19-17(2)7-9-23-10-8-17/h3-6,11H,7-10H2,1-2H3,(H,19,22). The normalized spacial score (nSPS) is 17.0. The maximum absolute atomic E-state index is 13.0. The zero-order chi connectivity index (χ0) is 16.4. The Hall–Kier alpha value is -2.21. The van der Waals surface area contributed by atoms with Gasteiger partial charge in [-0.3, -0.25) is 4.79 Å². The van der Waals surface area contributed by atoms with Gasteiger partial charge in [0, 0.05) is 30.5 Å². The van der Waals surface area contributed by atoms with E-state index >= 15 is 0 Å². The van der Waals surface area contributed by atoms with Crippen LogP contribution in [-0.2, 0) is 4.74 Å². The molecular weight excluding hydrogens is 297 g/mol. The first kappa shape index (κ1) is 15.7. The lowest BCUT2D eigenvalue weighted by Gasteiger charge is -2.34. The lowest BCUT2D eigenvalue weighted by Crippen LogP contribution is -2.49. The van der Waals surface area contributed by atoms with Crippen LogP contribution in [0.25, 0.3) is 5.69 Å². The van der Waals surface area contributed by atoms with Crippen LogP contribution in [0, 0.1) is 12.7 Å². The van der Waals surface area contributed by atoms with Gasteiger partial charge in [-0.05, 0) is 51.0 Å². The Morgan fingerprint density at radius 1 is 1.30 bits per heavy atom. The molecule has 122 valence electrons. The van der Waals surface area contributed by atoms with Gasteiger partial charge in [-0.25, -0.2) is 9.07 Å². The first-order valence-electron chi connectivity index (χ1n) is 7.69. The molecule has 0 radical (unpaired) electrons. The highest BCUT2D eigenvalue weighted by Crippen LogP contribution is 2.21. The Morgan fingerprint density at radius 3 is 2.61 bits per heavy atom. The maximum Gasteiger partial charge on any atom is 0.272 e. The van der Waals surface area contributed by atoms with Crippen LogP contribution in [0.15, 0.2) is 30.5 Å². The van der Waals surface area contributed by atoms with E-state index in [1.807, 2.05) is 13.8 Å². The minimum Gasteiger partial charge on any atom is -0.381 e. The van der Waals surface area contributed by atoms with Crippen molar-refractivity contribution in [2.24, 2.45) is 0 Å². The summed E-state index contributed by atoms with van der Waals surface area (Å²) < 4.78 is 20.0. The van der Waals surface area contributed by atoms with E-state index < -0.39 is 0 Å². The first-order chi connectivity index (χ1) is 11.0. The van der Waals surface area contributed by atoms with Crippen LogP contribution in [0.5, 0.6) is 0 Å². The predicted molar refractivity (Wildman–Crippen MR) is 84.2 cm³/mol. The fourth-order valence-corrected chi connectivity index (χ4v) is 2.69. The number of carbonyl (C=O) groups excluding carboxylic acids is 1. The minimum absolute atomic E-state index is 0.187. The van der Waals surface area contributed by atoms with E-state index in [4.69, 9.17) is 4.74 Å². The number of aromatic nitrogens is 2. The largest absolute Gasteiger partial charge is 0.381 e. The van der Waals surface area contributed by atoms with Gasteiger partial charge in [-0.1, -0.05) is 0 Å². The summed E-state index contributed by atoms with van der Waals surface area (Å²) in [5.41, 5.74) is 1.62. The number of aryl methyl sites for hydroxylation is 1. The average molecular weight is 317 g/mol. The van der Waals surface area contributed by atoms with E-state index in [2.05, 4.69) is 10.4 Å². The summed E-state index contributed by atoms with van der Waals surface area (Å²) in [6.45, 7) is 5.17. The van der Waals surface area contributed by atoms with Crippen molar-refractivity contribution >= 4 is 5.91 Å². The summed E-state index contributed by atoms with van der Waals surface area (Å²) in [7, 11) is 0. The summed E-state index contributed by atoms with van der Waals surface area (Å²) in [5.74, 6) is -0.490. The first-order valence-corrected chi connectivity index (χ1v) is 7.69. The van der Waals surface area contributed by atoms with Crippen molar-refractivity contribution in [1.82, 2.24) is 15.1 Å². The van der Waals surface area contributed by atoms with Gasteiger partial charge >= 0.3 is 0 Å². The molecule has 6 heteroatoms. The smallest absolute Gasteiger partial charge is 0.272 e. The van der Waals surface area contributed by atoms with E-state index in [9.17, 15) is 9.18 Å². The second kappa shape index (κ2) is 6.12. The zero-order valence-corrected chi connectivity index (χ0v) is 13.3. The second-order valence-electron chi connectivity index (χ2n) is 6.21. The lowest BCUT2D eigenvalue weighted by molar-refractivity contribution is 0.0421. The van der Waals surface area contributed by atoms with Crippen molar-refractivity contribution in [3.05, 3.63) is 47.5 Å². The number of hydrogen-bond acceptors (Lipinski definition) is 3. The SMILES string of the molecule is Cc1cn(-c2ccc(F)cc2)nc1C(=O)NC1(C)CCOCC1. The van der Waals surface area contributed by atoms with Gasteiger partial charge in [0.1, 0.15) is 5.82 Å². The molecule has 1 N–H and O–H groups in total. The van der Waals surface area contributed by atoms with Crippen molar-refractivity contribution in [2.45, 2.75) is 32.2 Å². The van der Waals surface area contributed by atoms with E-state index in [0.29, 0.717) is 24.6 Å². The van der Waals surface area contributed by atoms with E-state index in [1.165, 1.54) is 12.1 Å². The molecule has 1 saturated heterocycles. The van der Waals surface area contributed by atoms with Crippen molar-refractivity contribution in [1.29, 1.82) is 0 Å².